The average Bonchev–Trinajstić information content (AvgIpc) is 0.918. The summed E-state index contributed by atoms with van der Waals surface area (Å²) in [5, 5.41) is 0. The van der Waals surface area contributed by atoms with Crippen LogP contribution in [0.2, 0.25) is 0 Å². The predicted octanol–water partition coefficient (Wildman–Crippen LogP) is -10.9. The van der Waals surface area contributed by atoms with Crippen molar-refractivity contribution in [1.29, 1.82) is 0 Å². The Balaban J connectivity index is -0.00000000200. The molecule has 0 aliphatic rings. The molecule has 0 atom stereocenters. The fourth-order valence-corrected chi connectivity index (χ4v) is 0. The molecule has 0 rings (SSSR count). The summed E-state index contributed by atoms with van der Waals surface area (Å²) in [6.45, 7) is 4.25. The Morgan fingerprint density at radius 2 is 1.00 bits per heavy atom. The van der Waals surface area contributed by atoms with Crippen LogP contribution >= 0.6 is 0 Å². The maximum absolute atomic E-state index is 2.12. The molecule has 0 bridgehead atoms. The first kappa shape index (κ1) is 46.1. The minimum atomic E-state index is 0. The van der Waals surface area contributed by atoms with Gasteiger partial charge in [0, 0.05) is 0 Å². The van der Waals surface area contributed by atoms with Crippen molar-refractivity contribution in [2.24, 2.45) is 0 Å². The second-order valence-corrected chi connectivity index (χ2v) is 0.707. The maximum Gasteiger partial charge on any atom is 2.00 e. The first-order valence-corrected chi connectivity index (χ1v) is 1.41. The van der Waals surface area contributed by atoms with Gasteiger partial charge in [0.05, 0.1) is 0 Å². The minimum Gasteiger partial charge on any atom is -1.00 e. The average molecular weight is 271 g/mol. The molecule has 0 nitrogen and oxygen atoms in total. The van der Waals surface area contributed by atoms with Crippen LogP contribution in [-0.2, 0) is 0 Å². The zero-order chi connectivity index (χ0) is 2.71. The molecular weight excluding hydrogens is 263 g/mol. The summed E-state index contributed by atoms with van der Waals surface area (Å²) in [6, 6.07) is 0. The van der Waals surface area contributed by atoms with Crippen molar-refractivity contribution < 1.29 is 65.2 Å². The van der Waals surface area contributed by atoms with Gasteiger partial charge in [0.15, 0.2) is 0 Å². The van der Waals surface area contributed by atoms with Gasteiger partial charge in [-0.25, -0.2) is 0 Å². The van der Waals surface area contributed by atoms with Crippen LogP contribution in [0, 0.1) is 0 Å². The molecule has 0 aromatic heterocycles. The van der Waals surface area contributed by atoms with Crippen molar-refractivity contribution in [3.05, 3.63) is 0 Å². The summed E-state index contributed by atoms with van der Waals surface area (Å²) in [5.41, 5.74) is 0. The summed E-state index contributed by atoms with van der Waals surface area (Å²) in [7, 11) is 0. The van der Waals surface area contributed by atoms with Gasteiger partial charge >= 0.3 is 41.9 Å². The molecule has 0 fully saturated rings. The van der Waals surface area contributed by atoms with Gasteiger partial charge in [0.2, 0.25) is 0 Å². The molecule has 0 saturated carbocycles. The summed E-state index contributed by atoms with van der Waals surface area (Å²) in [6.07, 6.45) is 1.25. The van der Waals surface area contributed by atoms with Crippen molar-refractivity contribution in [1.82, 2.24) is 0 Å². The van der Waals surface area contributed by atoms with Crippen LogP contribution in [0.15, 0.2) is 0 Å². The van der Waals surface area contributed by atoms with E-state index in [9.17, 15) is 0 Å². The number of halogens is 3. The molecule has 0 radical (unpaired) electrons. The second kappa shape index (κ2) is 54.6. The molecule has 0 aliphatic heterocycles. The molecule has 5 heteroatoms. The van der Waals surface area contributed by atoms with Crippen molar-refractivity contribution in [3.63, 3.8) is 0 Å². The molecule has 0 aliphatic carbocycles. The van der Waals surface area contributed by atoms with Crippen LogP contribution in [-0.4, -0.2) is 23.1 Å². The van der Waals surface area contributed by atoms with E-state index in [2.05, 4.69) is 13.8 Å². The Morgan fingerprint density at radius 1 is 1.00 bits per heavy atom. The van der Waals surface area contributed by atoms with Crippen LogP contribution in [0.3, 0.4) is 0 Å². The van der Waals surface area contributed by atoms with E-state index in [1.165, 1.54) is 6.42 Å². The van der Waals surface area contributed by atoms with E-state index in [0.717, 1.165) is 0 Å². The largest absolute Gasteiger partial charge is 2.00 e. The standard InChI is InChI=1S/C3H8.2BrH.ClH.Li.Mg/c1-3-2;;;;;/h3H2,1-2H3;3*1H;;/q;;;;+1;+2/p-3. The third kappa shape index (κ3) is 73.1. The molecule has 8 heavy (non-hydrogen) atoms. The molecule has 0 heterocycles. The van der Waals surface area contributed by atoms with Crippen LogP contribution in [0.5, 0.6) is 0 Å². The van der Waals surface area contributed by atoms with Crippen molar-refractivity contribution >= 4 is 23.1 Å². The molecule has 0 unspecified atom stereocenters. The Labute approximate surface area is 107 Å². The van der Waals surface area contributed by atoms with Gasteiger partial charge in [0.25, 0.3) is 0 Å². The predicted molar refractivity (Wildman–Crippen MR) is 21.7 cm³/mol. The molecule has 0 aromatic rings. The topological polar surface area (TPSA) is 0 Å². The van der Waals surface area contributed by atoms with Gasteiger partial charge in [-0.15, -0.1) is 0 Å². The van der Waals surface area contributed by atoms with E-state index in [4.69, 9.17) is 0 Å². The van der Waals surface area contributed by atoms with E-state index >= 15 is 0 Å². The van der Waals surface area contributed by atoms with Crippen LogP contribution in [0.25, 0.3) is 0 Å². The Bertz CT molecular complexity index is 17.2. The zero-order valence-corrected chi connectivity index (χ0v) is 10.9. The monoisotopic (exact) mass is 268 g/mol. The van der Waals surface area contributed by atoms with Crippen molar-refractivity contribution in [2.75, 3.05) is 0 Å². The summed E-state index contributed by atoms with van der Waals surface area (Å²) >= 11 is 0. The molecule has 0 saturated heterocycles. The molecule has 44 valence electrons. The third-order valence-electron chi connectivity index (χ3n) is 0. The smallest absolute Gasteiger partial charge is 1.00 e. The quantitative estimate of drug-likeness (QED) is 0.384. The van der Waals surface area contributed by atoms with Gasteiger partial charge in [-0.3, -0.25) is 0 Å². The first-order valence-electron chi connectivity index (χ1n) is 1.41. The third-order valence-corrected chi connectivity index (χ3v) is 0. The van der Waals surface area contributed by atoms with E-state index in [0.29, 0.717) is 0 Å². The molecule has 0 spiro atoms. The Kier molecular flexibility index (Phi) is 315. The molecule has 0 aromatic carbocycles. The van der Waals surface area contributed by atoms with Gasteiger partial charge < -0.3 is 46.4 Å². The van der Waals surface area contributed by atoms with Crippen LogP contribution < -0.4 is 65.2 Å². The van der Waals surface area contributed by atoms with Crippen molar-refractivity contribution in [2.45, 2.75) is 20.3 Å². The van der Waals surface area contributed by atoms with Gasteiger partial charge in [-0.2, -0.15) is 0 Å². The van der Waals surface area contributed by atoms with Crippen LogP contribution in [0.4, 0.5) is 0 Å². The van der Waals surface area contributed by atoms with E-state index in [1.54, 1.807) is 0 Å². The van der Waals surface area contributed by atoms with Gasteiger partial charge in [0.1, 0.15) is 0 Å². The number of hydrogen-bond donors (Lipinski definition) is 0. The summed E-state index contributed by atoms with van der Waals surface area (Å²) in [5.74, 6) is 0. The van der Waals surface area contributed by atoms with Crippen molar-refractivity contribution in [3.8, 4) is 0 Å². The fourth-order valence-electron chi connectivity index (χ4n) is 0. The summed E-state index contributed by atoms with van der Waals surface area (Å²) < 4.78 is 0. The normalized spacial score (nSPS) is 2.25. The second-order valence-electron chi connectivity index (χ2n) is 0.707. The zero-order valence-electron chi connectivity index (χ0n) is 5.55. The Hall–Kier alpha value is 2.61. The van der Waals surface area contributed by atoms with Crippen LogP contribution in [0.1, 0.15) is 20.3 Å². The number of hydrogen-bond acceptors (Lipinski definition) is 0. The Morgan fingerprint density at radius 3 is 1.00 bits per heavy atom. The fraction of sp³-hybridized carbons (Fsp3) is 1.00. The summed E-state index contributed by atoms with van der Waals surface area (Å²) in [4.78, 5) is 0. The molecular formula is C3H8Br2ClLiMg. The minimum absolute atomic E-state index is 0. The first-order chi connectivity index (χ1) is 1.41. The van der Waals surface area contributed by atoms with E-state index in [1.807, 2.05) is 0 Å². The molecule has 0 amide bonds. The van der Waals surface area contributed by atoms with Gasteiger partial charge in [-0.05, 0) is 0 Å². The SMILES string of the molecule is CCC.[Br-].[Br-].[Cl-].[Li+].[Mg+2]. The van der Waals surface area contributed by atoms with E-state index in [-0.39, 0.29) is 88.3 Å². The number of rotatable bonds is 0. The van der Waals surface area contributed by atoms with Gasteiger partial charge in [-0.1, -0.05) is 20.3 Å². The molecule has 0 N–H and O–H groups in total. The maximum atomic E-state index is 2.12. The van der Waals surface area contributed by atoms with E-state index < -0.39 is 0 Å².